The molecule has 0 spiro atoms. The van der Waals surface area contributed by atoms with Gasteiger partial charge in [0.2, 0.25) is 5.91 Å². The average molecular weight is 494 g/mol. The van der Waals surface area contributed by atoms with Crippen LogP contribution in [0, 0.1) is 0 Å². The van der Waals surface area contributed by atoms with Crippen LogP contribution in [0.1, 0.15) is 62.6 Å². The fraction of sp³-hybridized carbons (Fsp3) is 0.393. The van der Waals surface area contributed by atoms with Gasteiger partial charge in [-0.1, -0.05) is 36.4 Å². The van der Waals surface area contributed by atoms with Crippen LogP contribution < -0.4 is 16.2 Å². The molecular weight excluding hydrogens is 458 g/mol. The van der Waals surface area contributed by atoms with Gasteiger partial charge in [-0.2, -0.15) is 0 Å². The van der Waals surface area contributed by atoms with Crippen LogP contribution in [0.3, 0.4) is 0 Å². The van der Waals surface area contributed by atoms with E-state index in [1.165, 1.54) is 13.2 Å². The van der Waals surface area contributed by atoms with Gasteiger partial charge in [-0.15, -0.1) is 0 Å². The number of carbonyl (C=O) groups is 3. The zero-order valence-electron chi connectivity index (χ0n) is 21.3. The van der Waals surface area contributed by atoms with Crippen LogP contribution in [0.2, 0.25) is 0 Å². The Morgan fingerprint density at radius 1 is 1.03 bits per heavy atom. The van der Waals surface area contributed by atoms with Crippen LogP contribution in [0.5, 0.6) is 0 Å². The largest absolute Gasteiger partial charge is 0.466 e. The van der Waals surface area contributed by atoms with Crippen molar-refractivity contribution in [2.45, 2.75) is 64.0 Å². The Hall–Kier alpha value is -3.65. The van der Waals surface area contributed by atoms with E-state index in [-0.39, 0.29) is 17.9 Å². The van der Waals surface area contributed by atoms with Gasteiger partial charge < -0.3 is 14.8 Å². The van der Waals surface area contributed by atoms with Gasteiger partial charge in [0.1, 0.15) is 5.60 Å². The molecule has 1 saturated carbocycles. The normalized spacial score (nSPS) is 16.9. The highest BCUT2D eigenvalue weighted by atomic mass is 16.6. The predicted octanol–water partition coefficient (Wildman–Crippen LogP) is 4.72. The van der Waals surface area contributed by atoms with Gasteiger partial charge in [-0.05, 0) is 74.9 Å². The van der Waals surface area contributed by atoms with Crippen LogP contribution in [-0.2, 0) is 25.5 Å². The van der Waals surface area contributed by atoms with Crippen molar-refractivity contribution < 1.29 is 23.9 Å². The Morgan fingerprint density at radius 2 is 1.72 bits per heavy atom. The minimum atomic E-state index is -0.536. The van der Waals surface area contributed by atoms with E-state index in [2.05, 4.69) is 20.9 Å². The Morgan fingerprint density at radius 3 is 2.36 bits per heavy atom. The third-order valence-corrected chi connectivity index (χ3v) is 5.63. The molecule has 0 radical (unpaired) electrons. The number of aryl methyl sites for hydroxylation is 1. The molecule has 2 aromatic carbocycles. The maximum atomic E-state index is 12.3. The second kappa shape index (κ2) is 12.4. The number of carbonyl (C=O) groups excluding carboxylic acids is 3. The number of nitrogens with one attached hydrogen (secondary N) is 3. The Labute approximate surface area is 212 Å². The van der Waals surface area contributed by atoms with Gasteiger partial charge >= 0.3 is 12.1 Å². The lowest BCUT2D eigenvalue weighted by molar-refractivity contribution is -0.134. The summed E-state index contributed by atoms with van der Waals surface area (Å²) in [6.45, 7) is 5.46. The lowest BCUT2D eigenvalue weighted by Gasteiger charge is -2.19. The summed E-state index contributed by atoms with van der Waals surface area (Å²) >= 11 is 0. The van der Waals surface area contributed by atoms with E-state index in [1.54, 1.807) is 6.08 Å². The number of anilines is 1. The molecule has 2 unspecified atom stereocenters. The first kappa shape index (κ1) is 26.9. The summed E-state index contributed by atoms with van der Waals surface area (Å²) in [5, 5.41) is 2.95. The van der Waals surface area contributed by atoms with Gasteiger partial charge in [-0.3, -0.25) is 10.2 Å². The van der Waals surface area contributed by atoms with E-state index >= 15 is 0 Å². The minimum Gasteiger partial charge on any atom is -0.466 e. The topological polar surface area (TPSA) is 106 Å². The van der Waals surface area contributed by atoms with Gasteiger partial charge in [0.05, 0.1) is 7.11 Å². The van der Waals surface area contributed by atoms with E-state index in [1.807, 2.05) is 69.3 Å². The van der Waals surface area contributed by atoms with E-state index in [4.69, 9.17) is 4.74 Å². The SMILES string of the molecule is COC(=O)C=Cc1ccc(CCCC(=O)Nc2ccc(C3CC3NNC(=O)OC(C)(C)C)cc2)cc1. The lowest BCUT2D eigenvalue weighted by atomic mass is 10.1. The molecule has 3 rings (SSSR count). The molecule has 1 aliphatic carbocycles. The van der Waals surface area contributed by atoms with Crippen LogP contribution in [-0.4, -0.2) is 36.7 Å². The first-order valence-corrected chi connectivity index (χ1v) is 12.1. The molecule has 2 atom stereocenters. The highest BCUT2D eigenvalue weighted by Gasteiger charge is 2.38. The third-order valence-electron chi connectivity index (χ3n) is 5.63. The number of rotatable bonds is 10. The molecule has 192 valence electrons. The van der Waals surface area contributed by atoms with Gasteiger partial charge in [0.15, 0.2) is 0 Å². The van der Waals surface area contributed by atoms with Crippen LogP contribution in [0.4, 0.5) is 10.5 Å². The molecular formula is C28H35N3O5. The monoisotopic (exact) mass is 493 g/mol. The molecule has 1 fully saturated rings. The van der Waals surface area contributed by atoms with E-state index < -0.39 is 11.7 Å². The fourth-order valence-corrected chi connectivity index (χ4v) is 3.70. The van der Waals surface area contributed by atoms with Gasteiger partial charge in [-0.25, -0.2) is 15.0 Å². The molecule has 2 aromatic rings. The summed E-state index contributed by atoms with van der Waals surface area (Å²) in [7, 11) is 1.35. The second-order valence-electron chi connectivity index (χ2n) is 9.84. The fourth-order valence-electron chi connectivity index (χ4n) is 3.70. The maximum absolute atomic E-state index is 12.3. The molecule has 0 bridgehead atoms. The number of methoxy groups -OCH3 is 1. The molecule has 0 heterocycles. The smallest absolute Gasteiger partial charge is 0.422 e. The molecule has 0 aromatic heterocycles. The zero-order chi connectivity index (χ0) is 26.1. The quantitative estimate of drug-likeness (QED) is 0.251. The summed E-state index contributed by atoms with van der Waals surface area (Å²) < 4.78 is 9.80. The molecule has 1 aliphatic rings. The van der Waals surface area contributed by atoms with E-state index in [9.17, 15) is 14.4 Å². The highest BCUT2D eigenvalue weighted by molar-refractivity contribution is 5.90. The van der Waals surface area contributed by atoms with Gasteiger partial charge in [0.25, 0.3) is 0 Å². The lowest BCUT2D eigenvalue weighted by Crippen LogP contribution is -2.42. The number of ether oxygens (including phenoxy) is 2. The van der Waals surface area contributed by atoms with E-state index in [0.29, 0.717) is 12.3 Å². The van der Waals surface area contributed by atoms with Crippen molar-refractivity contribution in [1.82, 2.24) is 10.9 Å². The Bertz CT molecular complexity index is 1070. The van der Waals surface area contributed by atoms with Crippen molar-refractivity contribution in [2.24, 2.45) is 0 Å². The number of benzene rings is 2. The predicted molar refractivity (Wildman–Crippen MR) is 139 cm³/mol. The van der Waals surface area contributed by atoms with Crippen molar-refractivity contribution >= 4 is 29.7 Å². The summed E-state index contributed by atoms with van der Waals surface area (Å²) in [6.07, 6.45) is 5.48. The van der Waals surface area contributed by atoms with Crippen molar-refractivity contribution in [3.63, 3.8) is 0 Å². The Kier molecular flexibility index (Phi) is 9.25. The maximum Gasteiger partial charge on any atom is 0.422 e. The molecule has 36 heavy (non-hydrogen) atoms. The standard InChI is InChI=1S/C28H35N3O5/c1-28(2,3)36-27(34)31-30-24-18-23(24)21-13-15-22(16-14-21)29-25(32)7-5-6-19-8-10-20(11-9-19)12-17-26(33)35-4/h8-17,23-24,30H,5-7,18H2,1-4H3,(H,29,32)(H,31,34). The first-order valence-electron chi connectivity index (χ1n) is 12.1. The molecule has 8 nitrogen and oxygen atoms in total. The molecule has 2 amide bonds. The van der Waals surface area contributed by atoms with E-state index in [0.717, 1.165) is 41.6 Å². The van der Waals surface area contributed by atoms with Crippen LogP contribution >= 0.6 is 0 Å². The number of hydrogen-bond donors (Lipinski definition) is 3. The zero-order valence-corrected chi connectivity index (χ0v) is 21.3. The molecule has 3 N–H and O–H groups in total. The minimum absolute atomic E-state index is 0.0205. The summed E-state index contributed by atoms with van der Waals surface area (Å²) in [5.74, 6) is -0.0963. The molecule has 0 aliphatic heterocycles. The van der Waals surface area contributed by atoms with Crippen molar-refractivity contribution in [3.05, 3.63) is 71.3 Å². The highest BCUT2D eigenvalue weighted by Crippen LogP contribution is 2.40. The number of amides is 2. The summed E-state index contributed by atoms with van der Waals surface area (Å²) in [6, 6.07) is 15.9. The summed E-state index contributed by atoms with van der Waals surface area (Å²) in [4.78, 5) is 35.3. The van der Waals surface area contributed by atoms with Crippen LogP contribution in [0.15, 0.2) is 54.6 Å². The van der Waals surface area contributed by atoms with Crippen molar-refractivity contribution in [1.29, 1.82) is 0 Å². The number of hydrogen-bond acceptors (Lipinski definition) is 6. The van der Waals surface area contributed by atoms with Crippen molar-refractivity contribution in [2.75, 3.05) is 12.4 Å². The third kappa shape index (κ3) is 9.19. The Balaban J connectivity index is 1.35. The van der Waals surface area contributed by atoms with Crippen molar-refractivity contribution in [3.8, 4) is 0 Å². The van der Waals surface area contributed by atoms with Crippen LogP contribution in [0.25, 0.3) is 6.08 Å². The first-order chi connectivity index (χ1) is 17.1. The molecule has 0 saturated heterocycles. The average Bonchev–Trinajstić information content (AvgIpc) is 3.61. The van der Waals surface area contributed by atoms with Gasteiger partial charge in [0, 0.05) is 30.1 Å². The number of hydrazine groups is 1. The molecule has 8 heteroatoms. The summed E-state index contributed by atoms with van der Waals surface area (Å²) in [5.41, 5.74) is 9.04. The number of esters is 1. The second-order valence-corrected chi connectivity index (χ2v) is 9.84.